The molecule has 1 amide bonds. The number of aliphatic hydroxyl groups is 1. The van der Waals surface area contributed by atoms with E-state index in [1.165, 1.54) is 0 Å². The Morgan fingerprint density at radius 2 is 1.97 bits per heavy atom. The van der Waals surface area contributed by atoms with Crippen LogP contribution in [0, 0.1) is 0 Å². The summed E-state index contributed by atoms with van der Waals surface area (Å²) in [7, 11) is 1.82. The van der Waals surface area contributed by atoms with Crippen molar-refractivity contribution in [2.24, 2.45) is 0 Å². The lowest BCUT2D eigenvalue weighted by atomic mass is 10.0. The van der Waals surface area contributed by atoms with Gasteiger partial charge in [0, 0.05) is 32.4 Å². The van der Waals surface area contributed by atoms with Gasteiger partial charge < -0.3 is 14.4 Å². The third-order valence-corrected chi connectivity index (χ3v) is 5.75. The third-order valence-electron chi connectivity index (χ3n) is 5.75. The van der Waals surface area contributed by atoms with Crippen LogP contribution >= 0.6 is 0 Å². The van der Waals surface area contributed by atoms with E-state index in [1.54, 1.807) is 4.90 Å². The Hall–Kier alpha value is -2.70. The van der Waals surface area contributed by atoms with Gasteiger partial charge in [0.2, 0.25) is 0 Å². The first-order chi connectivity index (χ1) is 14.2. The maximum absolute atomic E-state index is 13.3. The molecule has 4 rings (SSSR count). The fourth-order valence-electron chi connectivity index (χ4n) is 4.15. The number of carbonyl (C=O) groups is 1. The Morgan fingerprint density at radius 3 is 2.76 bits per heavy atom. The van der Waals surface area contributed by atoms with E-state index < -0.39 is 0 Å². The summed E-state index contributed by atoms with van der Waals surface area (Å²) in [5.74, 6) is -0.0786. The number of benzene rings is 1. The largest absolute Gasteiger partial charge is 0.395 e. The quantitative estimate of drug-likeness (QED) is 0.701. The minimum Gasteiger partial charge on any atom is -0.395 e. The number of nitrogens with zero attached hydrogens (tertiary/aromatic N) is 4. The highest BCUT2D eigenvalue weighted by atomic mass is 16.3. The number of hydrogen-bond acceptors (Lipinski definition) is 4. The van der Waals surface area contributed by atoms with Gasteiger partial charge in [0.15, 0.2) is 5.69 Å². The molecule has 0 aliphatic carbocycles. The molecule has 1 aromatic carbocycles. The second-order valence-electron chi connectivity index (χ2n) is 7.79. The Balaban J connectivity index is 1.64. The lowest BCUT2D eigenvalue weighted by Gasteiger charge is -2.34. The van der Waals surface area contributed by atoms with Gasteiger partial charge >= 0.3 is 0 Å². The zero-order chi connectivity index (χ0) is 20.2. The Kier molecular flexibility index (Phi) is 5.92. The van der Waals surface area contributed by atoms with Gasteiger partial charge in [-0.1, -0.05) is 42.8 Å². The molecule has 6 nitrogen and oxygen atoms in total. The molecule has 1 atom stereocenters. The molecule has 29 heavy (non-hydrogen) atoms. The van der Waals surface area contributed by atoms with E-state index in [0.717, 1.165) is 42.7 Å². The van der Waals surface area contributed by atoms with Crippen LogP contribution in [0.3, 0.4) is 0 Å². The first kappa shape index (κ1) is 19.6. The molecule has 1 N–H and O–H groups in total. The molecule has 1 aliphatic rings. The number of pyridine rings is 1. The number of hydrogen-bond donors (Lipinski definition) is 1. The zero-order valence-electron chi connectivity index (χ0n) is 16.9. The van der Waals surface area contributed by atoms with Crippen LogP contribution in [0.1, 0.15) is 41.0 Å². The van der Waals surface area contributed by atoms with Crippen molar-refractivity contribution in [2.75, 3.05) is 20.2 Å². The minimum atomic E-state index is -0.0786. The highest BCUT2D eigenvalue weighted by Gasteiger charge is 2.27. The number of fused-ring (bicyclic) bond motifs is 1. The molecule has 6 heteroatoms. The first-order valence-corrected chi connectivity index (χ1v) is 10.3. The van der Waals surface area contributed by atoms with Gasteiger partial charge in [-0.3, -0.25) is 9.69 Å². The van der Waals surface area contributed by atoms with E-state index in [1.807, 2.05) is 66.2 Å². The van der Waals surface area contributed by atoms with Crippen LogP contribution in [0.15, 0.2) is 54.7 Å². The molecule has 3 aromatic rings. The highest BCUT2D eigenvalue weighted by Crippen LogP contribution is 2.23. The molecule has 2 aromatic heterocycles. The molecule has 0 spiro atoms. The SMILES string of the molecule is CN(Cc1ccccc1)C(=O)c1nc2ccccn2c1CN1CCCC[C@@H]1CO. The summed E-state index contributed by atoms with van der Waals surface area (Å²) >= 11 is 0. The summed E-state index contributed by atoms with van der Waals surface area (Å²) in [6, 6.07) is 15.9. The van der Waals surface area contributed by atoms with Crippen molar-refractivity contribution in [3.63, 3.8) is 0 Å². The molecule has 3 heterocycles. The van der Waals surface area contributed by atoms with Crippen molar-refractivity contribution in [3.05, 3.63) is 71.7 Å². The van der Waals surface area contributed by atoms with Crippen LogP contribution in [0.2, 0.25) is 0 Å². The van der Waals surface area contributed by atoms with Crippen LogP contribution in [0.4, 0.5) is 0 Å². The number of rotatable bonds is 6. The smallest absolute Gasteiger partial charge is 0.274 e. The molecule has 152 valence electrons. The van der Waals surface area contributed by atoms with E-state index >= 15 is 0 Å². The number of carbonyl (C=O) groups excluding carboxylic acids is 1. The summed E-state index contributed by atoms with van der Waals surface area (Å²) in [6.07, 6.45) is 5.21. The summed E-state index contributed by atoms with van der Waals surface area (Å²) in [6.45, 7) is 2.22. The van der Waals surface area contributed by atoms with Crippen LogP contribution in [-0.2, 0) is 13.1 Å². The number of piperidine rings is 1. The normalized spacial score (nSPS) is 17.5. The molecule has 0 saturated carbocycles. The second kappa shape index (κ2) is 8.76. The van der Waals surface area contributed by atoms with Crippen LogP contribution in [0.5, 0.6) is 0 Å². The minimum absolute atomic E-state index is 0.0786. The molecule has 1 saturated heterocycles. The van der Waals surface area contributed by atoms with Crippen molar-refractivity contribution in [2.45, 2.75) is 38.4 Å². The fourth-order valence-corrected chi connectivity index (χ4v) is 4.15. The second-order valence-corrected chi connectivity index (χ2v) is 7.79. The molecule has 0 unspecified atom stereocenters. The Labute approximate surface area is 171 Å². The summed E-state index contributed by atoms with van der Waals surface area (Å²) in [5.41, 5.74) is 3.25. The number of amides is 1. The lowest BCUT2D eigenvalue weighted by Crippen LogP contribution is -2.42. The zero-order valence-corrected chi connectivity index (χ0v) is 16.9. The van der Waals surface area contributed by atoms with Gasteiger partial charge in [-0.25, -0.2) is 4.98 Å². The van der Waals surface area contributed by atoms with E-state index in [-0.39, 0.29) is 18.6 Å². The van der Waals surface area contributed by atoms with Gasteiger partial charge in [0.05, 0.1) is 12.3 Å². The average Bonchev–Trinajstić information content (AvgIpc) is 3.12. The first-order valence-electron chi connectivity index (χ1n) is 10.3. The number of likely N-dealkylation sites (tertiary alicyclic amines) is 1. The maximum atomic E-state index is 13.3. The van der Waals surface area contributed by atoms with Crippen molar-refractivity contribution >= 4 is 11.6 Å². The van der Waals surface area contributed by atoms with Crippen molar-refractivity contribution < 1.29 is 9.90 Å². The molecular formula is C23H28N4O2. The van der Waals surface area contributed by atoms with Gasteiger partial charge in [0.25, 0.3) is 5.91 Å². The van der Waals surface area contributed by atoms with Gasteiger partial charge in [-0.2, -0.15) is 0 Å². The fraction of sp³-hybridized carbons (Fsp3) is 0.391. The summed E-state index contributed by atoms with van der Waals surface area (Å²) in [4.78, 5) is 22.0. The van der Waals surface area contributed by atoms with E-state index in [9.17, 15) is 9.90 Å². The number of imidazole rings is 1. The lowest BCUT2D eigenvalue weighted by molar-refractivity contribution is 0.0754. The predicted molar refractivity (Wildman–Crippen MR) is 113 cm³/mol. The Bertz CT molecular complexity index is 969. The third kappa shape index (κ3) is 4.18. The van der Waals surface area contributed by atoms with Gasteiger partial charge in [-0.05, 0) is 37.1 Å². The monoisotopic (exact) mass is 392 g/mol. The van der Waals surface area contributed by atoms with E-state index in [2.05, 4.69) is 9.88 Å². The summed E-state index contributed by atoms with van der Waals surface area (Å²) < 4.78 is 2.01. The van der Waals surface area contributed by atoms with Crippen molar-refractivity contribution in [1.82, 2.24) is 19.2 Å². The molecule has 0 radical (unpaired) electrons. The van der Waals surface area contributed by atoms with E-state index in [0.29, 0.717) is 18.8 Å². The summed E-state index contributed by atoms with van der Waals surface area (Å²) in [5, 5.41) is 9.79. The standard InChI is InChI=1S/C23H28N4O2/c1-25(15-18-9-3-2-4-10-18)23(29)22-20(27-14-8-6-12-21(27)24-22)16-26-13-7-5-11-19(26)17-28/h2-4,6,8-10,12,14,19,28H,5,7,11,13,15-17H2,1H3/t19-/m1/s1. The van der Waals surface area contributed by atoms with Crippen LogP contribution < -0.4 is 0 Å². The van der Waals surface area contributed by atoms with Crippen LogP contribution in [0.25, 0.3) is 5.65 Å². The van der Waals surface area contributed by atoms with Crippen molar-refractivity contribution in [3.8, 4) is 0 Å². The molecular weight excluding hydrogens is 364 g/mol. The molecule has 1 fully saturated rings. The Morgan fingerprint density at radius 1 is 1.17 bits per heavy atom. The van der Waals surface area contributed by atoms with Crippen LogP contribution in [-0.4, -0.2) is 56.4 Å². The number of aliphatic hydroxyl groups excluding tert-OH is 1. The number of aromatic nitrogens is 2. The maximum Gasteiger partial charge on any atom is 0.274 e. The van der Waals surface area contributed by atoms with Gasteiger partial charge in [-0.15, -0.1) is 0 Å². The topological polar surface area (TPSA) is 61.1 Å². The molecule has 1 aliphatic heterocycles. The predicted octanol–water partition coefficient (Wildman–Crippen LogP) is 2.95. The van der Waals surface area contributed by atoms with Crippen molar-refractivity contribution in [1.29, 1.82) is 0 Å². The molecule has 0 bridgehead atoms. The average molecular weight is 393 g/mol. The van der Waals surface area contributed by atoms with Gasteiger partial charge in [0.1, 0.15) is 5.65 Å². The highest BCUT2D eigenvalue weighted by molar-refractivity contribution is 5.94. The van der Waals surface area contributed by atoms with E-state index in [4.69, 9.17) is 0 Å².